The quantitative estimate of drug-likeness (QED) is 0.0227. The van der Waals surface area contributed by atoms with E-state index in [4.69, 9.17) is 146 Å². The molecule has 37 nitrogen and oxygen atoms in total. The van der Waals surface area contributed by atoms with E-state index in [1.807, 2.05) is 66.7 Å². The fourth-order valence-corrected chi connectivity index (χ4v) is 21.6. The smallest absolute Gasteiger partial charge is 0.324 e. The van der Waals surface area contributed by atoms with E-state index in [-0.39, 0.29) is 90.7 Å². The van der Waals surface area contributed by atoms with Crippen LogP contribution in [0.2, 0.25) is 25.1 Å². The van der Waals surface area contributed by atoms with E-state index < -0.39 is 11.4 Å². The van der Waals surface area contributed by atoms with Gasteiger partial charge >= 0.3 is 30.1 Å². The van der Waals surface area contributed by atoms with E-state index in [2.05, 4.69) is 128 Å². The molecule has 0 spiro atoms. The zero-order valence-electron chi connectivity index (χ0n) is 81.9. The normalized spacial score (nSPS) is 19.9. The molecule has 14 heterocycles. The number of carbonyl (C=O) groups is 1. The van der Waals surface area contributed by atoms with E-state index in [1.165, 1.54) is 0 Å². The molecule has 6 aliphatic rings. The molecule has 3 aliphatic heterocycles. The SMILES string of the molecule is CCc1[nH]c2nc(Oc3ccc4nccnc4c3)nc(C3CC(O)C3)c2c1Cl.CCc1[nH]c2nc(Oc3cccc(C#N)c3)nc(C(C)N3CC4C(C3)C4(N)C(N)=O)c2c1Cl.CCc1[nH]c2nc(Oc3cccc(C#N)c3)nc(C(C)N3CC4C(N)C4C3)c2c1Cl.CCc1[nH]c2nc(Oc3cccc(C#N)c3)nc(C(C)N3CCC(N)C3)c2c1Cl.CCc1[nH]c2nc(Oc3cccc(C#N)c3)nc(C(C)NCCO)c2c1Cl. The van der Waals surface area contributed by atoms with Crippen LogP contribution < -0.4 is 51.9 Å². The summed E-state index contributed by atoms with van der Waals surface area (Å²) in [5, 5.41) is 65.7. The number of hydrogen-bond acceptors (Lipinski definition) is 31. The number of halogens is 5. The van der Waals surface area contributed by atoms with E-state index in [9.17, 15) is 9.90 Å². The van der Waals surface area contributed by atoms with Gasteiger partial charge < -0.3 is 87.1 Å². The van der Waals surface area contributed by atoms with Gasteiger partial charge in [0.25, 0.3) is 0 Å². The van der Waals surface area contributed by atoms with Crippen LogP contribution in [0.3, 0.4) is 0 Å². The molecular weight excluding hydrogens is 1970 g/mol. The maximum atomic E-state index is 11.8. The number of piperidine rings is 2. The van der Waals surface area contributed by atoms with Crippen LogP contribution in [-0.2, 0) is 36.9 Å². The summed E-state index contributed by atoms with van der Waals surface area (Å²) < 4.78 is 29.5. The predicted molar refractivity (Wildman–Crippen MR) is 558 cm³/mol. The number of primary amides is 1. The molecule has 5 aromatic carbocycles. The van der Waals surface area contributed by atoms with Gasteiger partial charge in [0.05, 0.1) is 169 Å². The Labute approximate surface area is 870 Å². The number of ether oxygens (including phenoxy) is 5. The molecule has 9 unspecified atom stereocenters. The lowest BCUT2D eigenvalue weighted by atomic mass is 9.79. The number of amides is 1. The molecule has 756 valence electrons. The van der Waals surface area contributed by atoms with Crippen LogP contribution in [0.1, 0.15) is 191 Å². The van der Waals surface area contributed by atoms with Gasteiger partial charge in [-0.2, -0.15) is 70.9 Å². The molecule has 16 N–H and O–H groups in total. The fraction of sp³-hybridized carbons (Fsp3) is 0.362. The first kappa shape index (κ1) is 103. The molecule has 147 heavy (non-hydrogen) atoms. The average Bonchev–Trinajstić information content (AvgIpc) is 1.52. The Morgan fingerprint density at radius 1 is 0.463 bits per heavy atom. The van der Waals surface area contributed by atoms with Crippen molar-refractivity contribution in [3.63, 3.8) is 0 Å². The Hall–Kier alpha value is -13.9. The number of rotatable bonds is 27. The van der Waals surface area contributed by atoms with Gasteiger partial charge in [-0.1, -0.05) is 117 Å². The van der Waals surface area contributed by atoms with Crippen molar-refractivity contribution in [3.05, 3.63) is 232 Å². The maximum Gasteiger partial charge on any atom is 0.324 e. The Morgan fingerprint density at radius 2 is 0.803 bits per heavy atom. The Balaban J connectivity index is 0.000000121. The molecule has 0 radical (unpaired) electrons. The molecule has 9 atom stereocenters. The zero-order chi connectivity index (χ0) is 104. The fourth-order valence-electron chi connectivity index (χ4n) is 19.8. The average molecular weight is 2080 g/mol. The first-order valence-corrected chi connectivity index (χ1v) is 50.7. The molecule has 16 aromatic rings. The van der Waals surface area contributed by atoms with E-state index in [1.54, 1.807) is 109 Å². The number of aliphatic hydroxyl groups excluding tert-OH is 2. The molecular formula is C105H108Cl5N29O8. The highest BCUT2D eigenvalue weighted by Crippen LogP contribution is 2.56. The first-order valence-electron chi connectivity index (χ1n) is 48.8. The van der Waals surface area contributed by atoms with Crippen molar-refractivity contribution in [2.24, 2.45) is 46.6 Å². The van der Waals surface area contributed by atoms with Crippen LogP contribution in [-0.4, -0.2) is 192 Å². The minimum atomic E-state index is -0.904. The van der Waals surface area contributed by atoms with Gasteiger partial charge in [-0.3, -0.25) is 29.5 Å². The zero-order valence-corrected chi connectivity index (χ0v) is 85.7. The molecule has 6 fully saturated rings. The van der Waals surface area contributed by atoms with E-state index in [0.29, 0.717) is 167 Å². The topological polar surface area (TPSA) is 558 Å². The van der Waals surface area contributed by atoms with Gasteiger partial charge in [0.2, 0.25) is 5.91 Å². The number of aromatic nitrogens is 17. The van der Waals surface area contributed by atoms with E-state index in [0.717, 1.165) is 147 Å². The van der Waals surface area contributed by atoms with E-state index >= 15 is 0 Å². The summed E-state index contributed by atoms with van der Waals surface area (Å²) in [6, 6.07) is 42.7. The number of hydrogen-bond donors (Lipinski definition) is 12. The lowest BCUT2D eigenvalue weighted by molar-refractivity contribution is -0.121. The van der Waals surface area contributed by atoms with Crippen molar-refractivity contribution < 1.29 is 38.7 Å². The highest BCUT2D eigenvalue weighted by atomic mass is 35.5. The van der Waals surface area contributed by atoms with Crippen LogP contribution in [0.25, 0.3) is 66.2 Å². The van der Waals surface area contributed by atoms with Gasteiger partial charge in [-0.25, -0.2) is 0 Å². The van der Waals surface area contributed by atoms with Crippen molar-refractivity contribution in [2.45, 2.75) is 167 Å². The number of carbonyl (C=O) groups excluding carboxylic acids is 1. The third kappa shape index (κ3) is 21.4. The lowest BCUT2D eigenvalue weighted by Crippen LogP contribution is -2.47. The minimum Gasteiger partial charge on any atom is -0.424 e. The number of nitriles is 4. The number of nitrogens with one attached hydrogen (secondary N) is 6. The van der Waals surface area contributed by atoms with Gasteiger partial charge in [-0.15, -0.1) is 0 Å². The number of benzene rings is 5. The lowest BCUT2D eigenvalue weighted by Gasteiger charge is -2.31. The number of aliphatic hydroxyl groups is 2. The minimum absolute atomic E-state index is 0.0137. The Morgan fingerprint density at radius 3 is 1.16 bits per heavy atom. The molecule has 3 aliphatic carbocycles. The summed E-state index contributed by atoms with van der Waals surface area (Å²) in [6.07, 6.45) is 9.04. The summed E-state index contributed by atoms with van der Waals surface area (Å²) in [7, 11) is 0. The van der Waals surface area contributed by atoms with Crippen LogP contribution in [0, 0.1) is 69.0 Å². The first-order chi connectivity index (χ1) is 70.9. The molecule has 3 saturated carbocycles. The summed E-state index contributed by atoms with van der Waals surface area (Å²) in [4.78, 5) is 89.7. The second kappa shape index (κ2) is 44.0. The van der Waals surface area contributed by atoms with Crippen molar-refractivity contribution in [1.82, 2.24) is 105 Å². The van der Waals surface area contributed by atoms with Crippen molar-refractivity contribution in [2.75, 3.05) is 52.4 Å². The van der Waals surface area contributed by atoms with Crippen LogP contribution >= 0.6 is 58.0 Å². The second-order valence-corrected chi connectivity index (χ2v) is 39.2. The molecule has 11 aromatic heterocycles. The predicted octanol–water partition coefficient (Wildman–Crippen LogP) is 18.0. The molecule has 22 rings (SSSR count). The van der Waals surface area contributed by atoms with Crippen LogP contribution in [0.4, 0.5) is 0 Å². The third-order valence-electron chi connectivity index (χ3n) is 28.2. The number of likely N-dealkylation sites (tertiary alicyclic amines) is 3. The second-order valence-electron chi connectivity index (χ2n) is 37.3. The van der Waals surface area contributed by atoms with Gasteiger partial charge in [0, 0.05) is 129 Å². The highest BCUT2D eigenvalue weighted by Gasteiger charge is 2.70. The molecule has 0 bridgehead atoms. The van der Waals surface area contributed by atoms with Crippen molar-refractivity contribution in [1.29, 1.82) is 21.0 Å². The van der Waals surface area contributed by atoms with Gasteiger partial charge in [-0.05, 0) is 176 Å². The Bertz CT molecular complexity index is 7830. The van der Waals surface area contributed by atoms with Crippen molar-refractivity contribution >= 4 is 130 Å². The summed E-state index contributed by atoms with van der Waals surface area (Å²) in [5.74, 6) is 3.53. The standard InChI is InChI=1S/C23H24ClN7O2.C22H23ClN6O.C21H23ClN6O.C20H18ClN5O2.C19H20ClN5O2/c1-3-16-18(24)17-19(11(2)31-9-14-15(10-31)23(14,27)21(26)32)29-22(30-20(17)28-16)33-13-6-4-5-12(7-13)8-25;1-3-16-18(23)17-20(11(2)29-9-14-15(10-29)19(14)25)27-22(28-21(17)26-16)30-13-6-4-5-12(7-13)8-24;1-3-16-18(22)17-19(12(2)28-8-7-14(24)11-28)26-21(27-20(17)25-16)29-15-6-4-5-13(9-15)10-23;1-2-13-17(21)16-18(10-7-11(27)8-10)25-20(26-19(16)24-13)28-12-3-4-14-15(9-12)23-6-5-22-14;1-3-14-16(20)15-17(11(2)22-7-8-26)24-19(25-18(15)23-14)27-13-6-4-5-12(9-13)10-21/h4-7,11,14-15H,3,9-10,27H2,1-2H3,(H2,26,32)(H,28,29,30);4-7,11,14-15,19H,3,9-10,25H2,1-2H3,(H,26,27,28);4-6,9,12,14H,3,7-8,11,24H2,1-2H3,(H,25,26,27);3-6,9-11,27H,2,7-8H2,1H3,(H,24,25,26);4-6,9,11,22,26H,3,7-8H2,1-2H3,(H,23,24,25). The van der Waals surface area contributed by atoms with Crippen LogP contribution in [0.15, 0.2) is 128 Å². The highest BCUT2D eigenvalue weighted by molar-refractivity contribution is 6.38. The summed E-state index contributed by atoms with van der Waals surface area (Å²) in [6.45, 7) is 23.8. The number of fused-ring (bicyclic) bond motifs is 8. The molecule has 42 heteroatoms. The number of aromatic amines is 5. The number of aryl methyl sites for hydroxylation is 5. The maximum absolute atomic E-state index is 11.8. The number of nitrogens with zero attached hydrogens (tertiary/aromatic N) is 19. The molecule has 1 amide bonds. The van der Waals surface area contributed by atoms with Gasteiger partial charge in [0.15, 0.2) is 0 Å². The molecule has 3 saturated heterocycles. The number of nitrogens with two attached hydrogens (primary N) is 4. The van der Waals surface area contributed by atoms with Crippen molar-refractivity contribution in [3.8, 4) is 83.1 Å². The monoisotopic (exact) mass is 2080 g/mol. The van der Waals surface area contributed by atoms with Crippen LogP contribution in [0.5, 0.6) is 58.8 Å². The third-order valence-corrected chi connectivity index (χ3v) is 30.3. The summed E-state index contributed by atoms with van der Waals surface area (Å²) >= 11 is 33.2. The van der Waals surface area contributed by atoms with Gasteiger partial charge in [0.1, 0.15) is 62.5 Å². The number of H-pyrrole nitrogens is 5. The largest absolute Gasteiger partial charge is 0.424 e. The summed E-state index contributed by atoms with van der Waals surface area (Å²) in [5.41, 5.74) is 38.2. The Kier molecular flexibility index (Phi) is 30.8.